The van der Waals surface area contributed by atoms with E-state index in [-0.39, 0.29) is 17.6 Å². The topological polar surface area (TPSA) is 132 Å². The van der Waals surface area contributed by atoms with Gasteiger partial charge in [-0.2, -0.15) is 5.21 Å². The Hall–Kier alpha value is -4.08. The van der Waals surface area contributed by atoms with Crippen molar-refractivity contribution in [2.24, 2.45) is 11.8 Å². The predicted octanol–water partition coefficient (Wildman–Crippen LogP) is 4.73. The lowest BCUT2D eigenvalue weighted by molar-refractivity contribution is -0.144. The molecule has 5 rings (SSSR count). The number of hydrogen-bond acceptors (Lipinski definition) is 6. The van der Waals surface area contributed by atoms with E-state index in [4.69, 9.17) is 0 Å². The van der Waals surface area contributed by atoms with Gasteiger partial charge in [0.1, 0.15) is 0 Å². The number of hydrogen-bond donors (Lipinski definition) is 2. The van der Waals surface area contributed by atoms with Crippen LogP contribution in [0.15, 0.2) is 53.7 Å². The lowest BCUT2D eigenvalue weighted by atomic mass is 9.88. The van der Waals surface area contributed by atoms with Crippen LogP contribution in [0.5, 0.6) is 0 Å². The Balaban J connectivity index is 1.60. The Kier molecular flexibility index (Phi) is 7.99. The summed E-state index contributed by atoms with van der Waals surface area (Å²) < 4.78 is 3.53. The molecule has 204 valence electrons. The highest BCUT2D eigenvalue weighted by Gasteiger charge is 2.37. The largest absolute Gasteiger partial charge is 0.481 e. The first-order valence-electron chi connectivity index (χ1n) is 13.8. The van der Waals surface area contributed by atoms with Crippen LogP contribution in [0.4, 0.5) is 0 Å². The van der Waals surface area contributed by atoms with E-state index in [1.807, 2.05) is 41.1 Å². The van der Waals surface area contributed by atoms with Crippen molar-refractivity contribution < 1.29 is 9.90 Å². The lowest BCUT2D eigenvalue weighted by Crippen LogP contribution is -2.36. The zero-order valence-electron chi connectivity index (χ0n) is 22.5. The number of nitrogens with one attached hydrogen (secondary N) is 1. The van der Waals surface area contributed by atoms with Crippen molar-refractivity contribution in [2.45, 2.75) is 71.4 Å². The van der Waals surface area contributed by atoms with E-state index in [2.05, 4.69) is 39.5 Å². The van der Waals surface area contributed by atoms with E-state index in [9.17, 15) is 14.7 Å². The Labute approximate surface area is 227 Å². The van der Waals surface area contributed by atoms with E-state index in [1.54, 1.807) is 17.0 Å². The molecule has 1 aliphatic rings. The van der Waals surface area contributed by atoms with Crippen molar-refractivity contribution in [2.75, 3.05) is 0 Å². The summed E-state index contributed by atoms with van der Waals surface area (Å²) in [5.74, 6) is -0.818. The number of pyridine rings is 1. The molecule has 0 saturated heterocycles. The number of benzene rings is 1. The number of aromatic amines is 1. The highest BCUT2D eigenvalue weighted by molar-refractivity contribution is 5.81. The molecule has 2 N–H and O–H groups in total. The molecule has 4 aromatic rings. The van der Waals surface area contributed by atoms with E-state index in [1.165, 1.54) is 0 Å². The number of nitrogens with zero attached hydrogens (tertiary/aromatic N) is 6. The summed E-state index contributed by atoms with van der Waals surface area (Å²) in [5, 5.41) is 24.6. The Morgan fingerprint density at radius 1 is 1.13 bits per heavy atom. The first-order chi connectivity index (χ1) is 19.0. The minimum Gasteiger partial charge on any atom is -0.481 e. The van der Waals surface area contributed by atoms with Crippen LogP contribution < -0.4 is 5.69 Å². The number of carbonyl (C=O) groups is 1. The summed E-state index contributed by atoms with van der Waals surface area (Å²) in [6, 6.07) is 9.40. The molecule has 1 saturated carbocycles. The van der Waals surface area contributed by atoms with Crippen molar-refractivity contribution in [3.05, 3.63) is 70.7 Å². The summed E-state index contributed by atoms with van der Waals surface area (Å²) in [5.41, 5.74) is 4.32. The molecule has 3 atom stereocenters. The number of carboxylic acids is 1. The summed E-state index contributed by atoms with van der Waals surface area (Å²) in [6.45, 7) is 4.53. The zero-order chi connectivity index (χ0) is 27.4. The van der Waals surface area contributed by atoms with Gasteiger partial charge in [-0.1, -0.05) is 57.4 Å². The monoisotopic (exact) mass is 529 g/mol. The van der Waals surface area contributed by atoms with Crippen molar-refractivity contribution in [3.8, 4) is 22.5 Å². The third-order valence-electron chi connectivity index (χ3n) is 7.97. The first kappa shape index (κ1) is 26.5. The second-order valence-corrected chi connectivity index (χ2v) is 10.5. The van der Waals surface area contributed by atoms with Crippen molar-refractivity contribution in [1.29, 1.82) is 0 Å². The van der Waals surface area contributed by atoms with Crippen LogP contribution in [0, 0.1) is 11.8 Å². The van der Waals surface area contributed by atoms with Gasteiger partial charge >= 0.3 is 11.7 Å². The Morgan fingerprint density at radius 3 is 2.67 bits per heavy atom. The average molecular weight is 530 g/mol. The maximum Gasteiger partial charge on any atom is 0.328 e. The number of unbranched alkanes of at least 4 members (excludes halogenated alkanes) is 1. The predicted molar refractivity (Wildman–Crippen MR) is 147 cm³/mol. The number of aryl methyl sites for hydroxylation is 1. The molecule has 10 heteroatoms. The molecule has 0 aliphatic heterocycles. The van der Waals surface area contributed by atoms with E-state index in [0.29, 0.717) is 18.8 Å². The standard InChI is InChI=1S/C29H35N7O3/c1-3-4-10-21-18-36(26-19(2)9-5-6-13-25(26)28(37)38)29(39)35(21)17-20-16-30-15-14-22(20)23-11-7-8-12-24(23)27-31-33-34-32-27/h7-8,11-12,14-16,18-19,25-26H,3-6,9-10,13,17H2,1-2H3,(H,37,38)(H,31,32,33,34). The number of rotatable bonds is 9. The minimum absolute atomic E-state index is 0.0944. The van der Waals surface area contributed by atoms with Crippen LogP contribution in [0.3, 0.4) is 0 Å². The third-order valence-corrected chi connectivity index (χ3v) is 7.97. The lowest BCUT2D eigenvalue weighted by Gasteiger charge is -2.27. The van der Waals surface area contributed by atoms with Crippen LogP contribution in [-0.2, 0) is 17.8 Å². The fourth-order valence-electron chi connectivity index (χ4n) is 5.97. The van der Waals surface area contributed by atoms with Crippen LogP contribution in [0.1, 0.15) is 69.7 Å². The van der Waals surface area contributed by atoms with E-state index < -0.39 is 11.9 Å². The summed E-state index contributed by atoms with van der Waals surface area (Å²) in [6.07, 6.45) is 11.5. The minimum atomic E-state index is -0.823. The molecule has 39 heavy (non-hydrogen) atoms. The molecular weight excluding hydrogens is 494 g/mol. The number of H-pyrrole nitrogens is 1. The quantitative estimate of drug-likeness (QED) is 0.300. The molecule has 1 aromatic carbocycles. The normalized spacial score (nSPS) is 19.6. The SMILES string of the molecule is CCCCc1cn(C2C(C)CCCCC2C(=O)O)c(=O)n1Cc1cnccc1-c1ccccc1-c1nn[nH]n1. The Morgan fingerprint density at radius 2 is 1.92 bits per heavy atom. The van der Waals surface area contributed by atoms with Crippen molar-refractivity contribution >= 4 is 5.97 Å². The van der Waals surface area contributed by atoms with Gasteiger partial charge in [-0.05, 0) is 59.6 Å². The fourth-order valence-corrected chi connectivity index (χ4v) is 5.97. The van der Waals surface area contributed by atoms with Gasteiger partial charge in [0.2, 0.25) is 5.82 Å². The molecule has 3 unspecified atom stereocenters. The van der Waals surface area contributed by atoms with Crippen LogP contribution in [0.25, 0.3) is 22.5 Å². The van der Waals surface area contributed by atoms with Gasteiger partial charge in [0.25, 0.3) is 0 Å². The second-order valence-electron chi connectivity index (χ2n) is 10.5. The smallest absolute Gasteiger partial charge is 0.328 e. The fraction of sp³-hybridized carbons (Fsp3) is 0.448. The van der Waals surface area contributed by atoms with Crippen LogP contribution in [-0.4, -0.2) is 45.8 Å². The number of tetrazole rings is 1. The van der Waals surface area contributed by atoms with E-state index >= 15 is 0 Å². The summed E-state index contributed by atoms with van der Waals surface area (Å²) in [4.78, 5) is 30.7. The average Bonchev–Trinajstić information content (AvgIpc) is 3.53. The van der Waals surface area contributed by atoms with Gasteiger partial charge in [-0.3, -0.25) is 18.9 Å². The summed E-state index contributed by atoms with van der Waals surface area (Å²) in [7, 11) is 0. The van der Waals surface area contributed by atoms with Gasteiger partial charge in [0.05, 0.1) is 18.5 Å². The molecule has 1 aliphatic carbocycles. The molecule has 0 radical (unpaired) electrons. The zero-order valence-corrected chi connectivity index (χ0v) is 22.5. The molecule has 0 bridgehead atoms. The number of aliphatic carboxylic acids is 1. The van der Waals surface area contributed by atoms with Crippen molar-refractivity contribution in [3.63, 3.8) is 0 Å². The van der Waals surface area contributed by atoms with Gasteiger partial charge in [-0.15, -0.1) is 10.2 Å². The molecule has 1 fully saturated rings. The molecule has 3 aromatic heterocycles. The van der Waals surface area contributed by atoms with Gasteiger partial charge in [-0.25, -0.2) is 4.79 Å². The van der Waals surface area contributed by atoms with Gasteiger partial charge in [0.15, 0.2) is 0 Å². The molecule has 10 nitrogen and oxygen atoms in total. The molecule has 0 amide bonds. The summed E-state index contributed by atoms with van der Waals surface area (Å²) >= 11 is 0. The van der Waals surface area contributed by atoms with Crippen LogP contribution in [0.2, 0.25) is 0 Å². The first-order valence-corrected chi connectivity index (χ1v) is 13.8. The van der Waals surface area contributed by atoms with Crippen LogP contribution >= 0.6 is 0 Å². The number of carboxylic acid groups (broad SMARTS) is 1. The Bertz CT molecular complexity index is 1470. The number of aromatic nitrogens is 7. The third kappa shape index (κ3) is 5.41. The molecule has 3 heterocycles. The number of imidazole rings is 1. The highest BCUT2D eigenvalue weighted by Crippen LogP contribution is 2.37. The van der Waals surface area contributed by atoms with Gasteiger partial charge in [0, 0.05) is 29.8 Å². The highest BCUT2D eigenvalue weighted by atomic mass is 16.4. The molecule has 0 spiro atoms. The van der Waals surface area contributed by atoms with Gasteiger partial charge < -0.3 is 5.11 Å². The maximum absolute atomic E-state index is 14.1. The van der Waals surface area contributed by atoms with E-state index in [0.717, 1.165) is 66.5 Å². The molecular formula is C29H35N7O3. The van der Waals surface area contributed by atoms with Crippen molar-refractivity contribution in [1.82, 2.24) is 34.7 Å². The maximum atomic E-state index is 14.1. The second kappa shape index (κ2) is 11.8.